The summed E-state index contributed by atoms with van der Waals surface area (Å²) in [5.41, 5.74) is 1.13. The van der Waals surface area contributed by atoms with E-state index in [0.717, 1.165) is 42.1 Å². The van der Waals surface area contributed by atoms with Gasteiger partial charge in [-0.05, 0) is 38.0 Å². The first kappa shape index (κ1) is 13.3. The summed E-state index contributed by atoms with van der Waals surface area (Å²) in [6.07, 6.45) is 6.46. The Hall–Kier alpha value is -1.12. The molecule has 1 aromatic rings. The number of hydrogen-bond donors (Lipinski definition) is 1. The van der Waals surface area contributed by atoms with E-state index in [0.29, 0.717) is 0 Å². The van der Waals surface area contributed by atoms with Crippen LogP contribution in [0.15, 0.2) is 6.07 Å². The molecule has 100 valence electrons. The van der Waals surface area contributed by atoms with Gasteiger partial charge in [0.1, 0.15) is 11.6 Å². The average Bonchev–Trinajstić information content (AvgIpc) is 2.37. The van der Waals surface area contributed by atoms with Crippen LogP contribution in [0.2, 0.25) is 0 Å². The van der Waals surface area contributed by atoms with Crippen LogP contribution in [0.3, 0.4) is 0 Å². The molecule has 1 aromatic heterocycles. The van der Waals surface area contributed by atoms with E-state index in [4.69, 9.17) is 0 Å². The maximum absolute atomic E-state index is 4.46. The summed E-state index contributed by atoms with van der Waals surface area (Å²) in [6.45, 7) is 7.53. The summed E-state index contributed by atoms with van der Waals surface area (Å²) >= 11 is 0. The van der Waals surface area contributed by atoms with E-state index in [1.165, 1.54) is 25.7 Å². The summed E-state index contributed by atoms with van der Waals surface area (Å²) in [4.78, 5) is 8.86. The van der Waals surface area contributed by atoms with E-state index in [1.54, 1.807) is 0 Å². The van der Waals surface area contributed by atoms with Gasteiger partial charge in [0.2, 0.25) is 0 Å². The molecule has 1 heterocycles. The highest BCUT2D eigenvalue weighted by molar-refractivity contribution is 5.36. The predicted octanol–water partition coefficient (Wildman–Crippen LogP) is 3.59. The third-order valence-electron chi connectivity index (χ3n) is 3.96. The van der Waals surface area contributed by atoms with Crippen molar-refractivity contribution < 1.29 is 0 Å². The summed E-state index contributed by atoms with van der Waals surface area (Å²) in [5, 5.41) is 3.49. The second-order valence-corrected chi connectivity index (χ2v) is 5.65. The van der Waals surface area contributed by atoms with E-state index < -0.39 is 0 Å². The molecule has 0 aromatic carbocycles. The van der Waals surface area contributed by atoms with Crippen LogP contribution in [0.5, 0.6) is 0 Å². The molecule has 0 spiro atoms. The number of aryl methyl sites for hydroxylation is 2. The maximum Gasteiger partial charge on any atom is 0.129 e. The number of aromatic nitrogens is 2. The van der Waals surface area contributed by atoms with Crippen molar-refractivity contribution in [1.82, 2.24) is 9.97 Å². The van der Waals surface area contributed by atoms with Crippen molar-refractivity contribution in [3.8, 4) is 0 Å². The van der Waals surface area contributed by atoms with Crippen molar-refractivity contribution in [1.29, 1.82) is 0 Å². The van der Waals surface area contributed by atoms with Crippen molar-refractivity contribution in [3.63, 3.8) is 0 Å². The Balaban J connectivity index is 1.88. The first-order valence-electron chi connectivity index (χ1n) is 7.25. The fraction of sp³-hybridized carbons (Fsp3) is 0.733. The standard InChI is InChI=1S/C15H25N3/c1-4-14-9-15(18-12(3)17-14)16-10-13-7-5-11(2)6-8-13/h9,11,13H,4-8,10H2,1-3H3,(H,16,17,18). The van der Waals surface area contributed by atoms with Gasteiger partial charge in [-0.2, -0.15) is 0 Å². The van der Waals surface area contributed by atoms with Crippen LogP contribution < -0.4 is 5.32 Å². The van der Waals surface area contributed by atoms with Gasteiger partial charge in [-0.1, -0.05) is 26.7 Å². The molecule has 3 nitrogen and oxygen atoms in total. The Kier molecular flexibility index (Phi) is 4.56. The predicted molar refractivity (Wildman–Crippen MR) is 75.8 cm³/mol. The minimum Gasteiger partial charge on any atom is -0.370 e. The van der Waals surface area contributed by atoms with Gasteiger partial charge in [-0.3, -0.25) is 0 Å². The number of hydrogen-bond acceptors (Lipinski definition) is 3. The van der Waals surface area contributed by atoms with E-state index in [2.05, 4.69) is 35.2 Å². The van der Waals surface area contributed by atoms with Crippen LogP contribution in [0.4, 0.5) is 5.82 Å². The molecule has 0 amide bonds. The van der Waals surface area contributed by atoms with Crippen molar-refractivity contribution in [2.45, 2.75) is 52.9 Å². The molecular weight excluding hydrogens is 222 g/mol. The van der Waals surface area contributed by atoms with Crippen molar-refractivity contribution in [2.24, 2.45) is 11.8 Å². The quantitative estimate of drug-likeness (QED) is 0.883. The molecule has 0 aliphatic heterocycles. The van der Waals surface area contributed by atoms with Gasteiger partial charge in [0.05, 0.1) is 0 Å². The Morgan fingerprint density at radius 1 is 1.22 bits per heavy atom. The average molecular weight is 247 g/mol. The van der Waals surface area contributed by atoms with Crippen molar-refractivity contribution in [3.05, 3.63) is 17.6 Å². The molecule has 1 fully saturated rings. The lowest BCUT2D eigenvalue weighted by Gasteiger charge is -2.26. The highest BCUT2D eigenvalue weighted by atomic mass is 15.0. The molecule has 0 unspecified atom stereocenters. The van der Waals surface area contributed by atoms with Crippen LogP contribution in [0.1, 0.15) is 51.0 Å². The molecule has 0 saturated heterocycles. The number of nitrogens with zero attached hydrogens (tertiary/aromatic N) is 2. The third kappa shape index (κ3) is 3.69. The van der Waals surface area contributed by atoms with E-state index in [-0.39, 0.29) is 0 Å². The Bertz CT molecular complexity index is 381. The number of anilines is 1. The zero-order chi connectivity index (χ0) is 13.0. The molecule has 1 aliphatic rings. The van der Waals surface area contributed by atoms with E-state index in [9.17, 15) is 0 Å². The molecule has 1 N–H and O–H groups in total. The molecule has 0 radical (unpaired) electrons. The van der Waals surface area contributed by atoms with Gasteiger partial charge in [0, 0.05) is 18.3 Å². The summed E-state index contributed by atoms with van der Waals surface area (Å²) < 4.78 is 0. The largest absolute Gasteiger partial charge is 0.370 e. The normalized spacial score (nSPS) is 23.9. The molecular formula is C15H25N3. The minimum atomic E-state index is 0.821. The van der Waals surface area contributed by atoms with Gasteiger partial charge in [-0.25, -0.2) is 9.97 Å². The molecule has 18 heavy (non-hydrogen) atoms. The maximum atomic E-state index is 4.46. The topological polar surface area (TPSA) is 37.8 Å². The van der Waals surface area contributed by atoms with Crippen molar-refractivity contribution >= 4 is 5.82 Å². The minimum absolute atomic E-state index is 0.821. The molecule has 0 atom stereocenters. The van der Waals surface area contributed by atoms with Gasteiger partial charge in [-0.15, -0.1) is 0 Å². The fourth-order valence-corrected chi connectivity index (χ4v) is 2.68. The lowest BCUT2D eigenvalue weighted by atomic mass is 9.83. The Labute approximate surface area is 110 Å². The molecule has 1 saturated carbocycles. The summed E-state index contributed by atoms with van der Waals surface area (Å²) in [6, 6.07) is 2.08. The zero-order valence-corrected chi connectivity index (χ0v) is 11.9. The highest BCUT2D eigenvalue weighted by Gasteiger charge is 2.17. The Morgan fingerprint density at radius 3 is 2.61 bits per heavy atom. The van der Waals surface area contributed by atoms with Crippen LogP contribution in [0.25, 0.3) is 0 Å². The molecule has 1 aliphatic carbocycles. The fourth-order valence-electron chi connectivity index (χ4n) is 2.68. The second-order valence-electron chi connectivity index (χ2n) is 5.65. The van der Waals surface area contributed by atoms with Crippen LogP contribution >= 0.6 is 0 Å². The van der Waals surface area contributed by atoms with Crippen molar-refractivity contribution in [2.75, 3.05) is 11.9 Å². The molecule has 0 bridgehead atoms. The van der Waals surface area contributed by atoms with Gasteiger partial charge < -0.3 is 5.32 Å². The molecule has 3 heteroatoms. The van der Waals surface area contributed by atoms with Crippen LogP contribution in [-0.2, 0) is 6.42 Å². The van der Waals surface area contributed by atoms with Gasteiger partial charge in [0.15, 0.2) is 0 Å². The molecule has 2 rings (SSSR count). The lowest BCUT2D eigenvalue weighted by Crippen LogP contribution is -2.20. The van der Waals surface area contributed by atoms with E-state index >= 15 is 0 Å². The smallest absolute Gasteiger partial charge is 0.129 e. The SMILES string of the molecule is CCc1cc(NCC2CCC(C)CC2)nc(C)n1. The summed E-state index contributed by atoms with van der Waals surface area (Å²) in [5.74, 6) is 3.61. The first-order valence-corrected chi connectivity index (χ1v) is 7.25. The van der Waals surface area contributed by atoms with Crippen LogP contribution in [-0.4, -0.2) is 16.5 Å². The van der Waals surface area contributed by atoms with Crippen LogP contribution in [0, 0.1) is 18.8 Å². The first-order chi connectivity index (χ1) is 8.67. The Morgan fingerprint density at radius 2 is 1.94 bits per heavy atom. The number of rotatable bonds is 4. The summed E-state index contributed by atoms with van der Waals surface area (Å²) in [7, 11) is 0. The highest BCUT2D eigenvalue weighted by Crippen LogP contribution is 2.28. The number of nitrogens with one attached hydrogen (secondary N) is 1. The van der Waals surface area contributed by atoms with Gasteiger partial charge >= 0.3 is 0 Å². The van der Waals surface area contributed by atoms with E-state index in [1.807, 2.05) is 6.92 Å². The van der Waals surface area contributed by atoms with Gasteiger partial charge in [0.25, 0.3) is 0 Å². The second kappa shape index (κ2) is 6.17. The third-order valence-corrected chi connectivity index (χ3v) is 3.96. The monoisotopic (exact) mass is 247 g/mol. The lowest BCUT2D eigenvalue weighted by molar-refractivity contribution is 0.300. The zero-order valence-electron chi connectivity index (χ0n) is 11.9.